The molecule has 2 atom stereocenters. The molecule has 0 radical (unpaired) electrons. The number of rotatable bonds is 1. The lowest BCUT2D eigenvalue weighted by Gasteiger charge is -2.41. The van der Waals surface area contributed by atoms with Crippen LogP contribution in [-0.4, -0.2) is 12.9 Å². The van der Waals surface area contributed by atoms with Crippen LogP contribution in [0.15, 0.2) is 42.0 Å². The summed E-state index contributed by atoms with van der Waals surface area (Å²) in [5, 5.41) is 2.36. The number of methoxy groups -OCH3 is 1. The molecule has 2 nitrogen and oxygen atoms in total. The lowest BCUT2D eigenvalue weighted by molar-refractivity contribution is -0.120. The van der Waals surface area contributed by atoms with E-state index in [2.05, 4.69) is 24.3 Å². The van der Waals surface area contributed by atoms with Crippen LogP contribution >= 0.6 is 0 Å². The predicted octanol–water partition coefficient (Wildman–Crippen LogP) is 4.34. The Morgan fingerprint density at radius 1 is 1.22 bits per heavy atom. The molecule has 23 heavy (non-hydrogen) atoms. The van der Waals surface area contributed by atoms with Gasteiger partial charge in [-0.3, -0.25) is 4.79 Å². The zero-order valence-electron chi connectivity index (χ0n) is 13.4. The van der Waals surface area contributed by atoms with E-state index in [1.165, 1.54) is 28.3 Å². The van der Waals surface area contributed by atoms with Gasteiger partial charge in [0.2, 0.25) is 0 Å². The summed E-state index contributed by atoms with van der Waals surface area (Å²) in [5.74, 6) is 1.96. The van der Waals surface area contributed by atoms with Crippen molar-refractivity contribution in [1.29, 1.82) is 0 Å². The Hall–Kier alpha value is -2.09. The number of hydrogen-bond acceptors (Lipinski definition) is 2. The van der Waals surface area contributed by atoms with Gasteiger partial charge in [0.1, 0.15) is 11.5 Å². The van der Waals surface area contributed by atoms with Crippen LogP contribution < -0.4 is 4.74 Å². The SMILES string of the molecule is COc1cccc2cc3c(cc12)C1(CC(=O)C3)CC2=CCC1C2. The molecule has 116 valence electrons. The smallest absolute Gasteiger partial charge is 0.138 e. The number of allylic oxidation sites excluding steroid dienone is 2. The van der Waals surface area contributed by atoms with Crippen LogP contribution in [-0.2, 0) is 16.6 Å². The molecule has 2 bridgehead atoms. The fourth-order valence-electron chi connectivity index (χ4n) is 5.28. The first-order valence-electron chi connectivity index (χ1n) is 8.49. The Kier molecular flexibility index (Phi) is 2.60. The van der Waals surface area contributed by atoms with Crippen LogP contribution in [0.2, 0.25) is 0 Å². The minimum absolute atomic E-state index is 0.0593. The normalized spacial score (nSPS) is 28.3. The zero-order chi connectivity index (χ0) is 15.6. The topological polar surface area (TPSA) is 26.3 Å². The van der Waals surface area contributed by atoms with Crippen LogP contribution in [0.4, 0.5) is 0 Å². The Morgan fingerprint density at radius 3 is 2.87 bits per heavy atom. The van der Waals surface area contributed by atoms with Gasteiger partial charge in [-0.2, -0.15) is 0 Å². The number of carbonyl (C=O) groups is 1. The van der Waals surface area contributed by atoms with Crippen molar-refractivity contribution in [2.24, 2.45) is 5.92 Å². The Balaban J connectivity index is 1.79. The van der Waals surface area contributed by atoms with Crippen molar-refractivity contribution >= 4 is 16.6 Å². The summed E-state index contributed by atoms with van der Waals surface area (Å²) in [6.07, 6.45) is 7.13. The van der Waals surface area contributed by atoms with Crippen LogP contribution in [0.1, 0.15) is 36.8 Å². The monoisotopic (exact) mass is 304 g/mol. The summed E-state index contributed by atoms with van der Waals surface area (Å²) < 4.78 is 5.57. The van der Waals surface area contributed by atoms with E-state index >= 15 is 0 Å². The van der Waals surface area contributed by atoms with E-state index < -0.39 is 0 Å². The van der Waals surface area contributed by atoms with Gasteiger partial charge in [0.05, 0.1) is 7.11 Å². The molecule has 0 heterocycles. The van der Waals surface area contributed by atoms with Gasteiger partial charge in [0.15, 0.2) is 0 Å². The summed E-state index contributed by atoms with van der Waals surface area (Å²) in [5.41, 5.74) is 4.29. The molecule has 3 aliphatic carbocycles. The minimum atomic E-state index is 0.0593. The van der Waals surface area contributed by atoms with Crippen molar-refractivity contribution in [1.82, 2.24) is 0 Å². The summed E-state index contributed by atoms with van der Waals surface area (Å²) in [7, 11) is 1.73. The summed E-state index contributed by atoms with van der Waals surface area (Å²) >= 11 is 0. The van der Waals surface area contributed by atoms with Gasteiger partial charge in [-0.25, -0.2) is 0 Å². The standard InChI is InChI=1S/C21H20O2/c1-23-20-4-2-3-14-8-15-9-17(22)12-21(19(15)10-18(14)20)11-13-5-6-16(21)7-13/h2-5,8,10,16H,6-7,9,11-12H2,1H3. The molecule has 0 amide bonds. The number of Topliss-reactive ketones (excluding diaryl/α,β-unsaturated/α-hetero) is 1. The zero-order valence-corrected chi connectivity index (χ0v) is 13.4. The molecule has 0 N–H and O–H groups in total. The number of benzene rings is 2. The van der Waals surface area contributed by atoms with Gasteiger partial charge in [-0.15, -0.1) is 0 Å². The van der Waals surface area contributed by atoms with Crippen LogP contribution in [0.5, 0.6) is 5.75 Å². The molecule has 3 aliphatic rings. The first-order valence-corrected chi connectivity index (χ1v) is 8.49. The minimum Gasteiger partial charge on any atom is -0.496 e. The van der Waals surface area contributed by atoms with Crippen LogP contribution in [0.25, 0.3) is 10.8 Å². The van der Waals surface area contributed by atoms with Crippen LogP contribution in [0, 0.1) is 5.92 Å². The fraction of sp³-hybridized carbons (Fsp3) is 0.381. The van der Waals surface area contributed by atoms with E-state index in [-0.39, 0.29) is 5.41 Å². The molecule has 5 rings (SSSR count). The van der Waals surface area contributed by atoms with E-state index in [1.54, 1.807) is 12.7 Å². The largest absolute Gasteiger partial charge is 0.496 e. The molecule has 1 spiro atoms. The second-order valence-corrected chi connectivity index (χ2v) is 7.42. The van der Waals surface area contributed by atoms with Crippen molar-refractivity contribution < 1.29 is 9.53 Å². The highest BCUT2D eigenvalue weighted by Gasteiger charge is 2.51. The van der Waals surface area contributed by atoms with E-state index in [4.69, 9.17) is 4.74 Å². The fourth-order valence-corrected chi connectivity index (χ4v) is 5.28. The van der Waals surface area contributed by atoms with Gasteiger partial charge in [-0.1, -0.05) is 29.8 Å². The average Bonchev–Trinajstić information content (AvgIpc) is 3.14. The summed E-state index contributed by atoms with van der Waals surface area (Å²) in [6.45, 7) is 0. The molecule has 0 aromatic heterocycles. The quantitative estimate of drug-likeness (QED) is 0.733. The van der Waals surface area contributed by atoms with Gasteiger partial charge in [0.25, 0.3) is 0 Å². The number of carbonyl (C=O) groups excluding carboxylic acids is 1. The predicted molar refractivity (Wildman–Crippen MR) is 90.9 cm³/mol. The van der Waals surface area contributed by atoms with E-state index in [0.717, 1.165) is 25.0 Å². The summed E-state index contributed by atoms with van der Waals surface area (Å²) in [6, 6.07) is 10.7. The van der Waals surface area contributed by atoms with Gasteiger partial charge in [0, 0.05) is 23.6 Å². The molecular formula is C21H20O2. The number of fused-ring (bicyclic) bond motifs is 6. The second-order valence-electron chi connectivity index (χ2n) is 7.42. The number of ether oxygens (including phenoxy) is 1. The van der Waals surface area contributed by atoms with Gasteiger partial charge < -0.3 is 4.74 Å². The number of hydrogen-bond donors (Lipinski definition) is 0. The maximum absolute atomic E-state index is 12.5. The first kappa shape index (κ1) is 13.4. The lowest BCUT2D eigenvalue weighted by Crippen LogP contribution is -2.39. The van der Waals surface area contributed by atoms with Crippen LogP contribution in [0.3, 0.4) is 0 Å². The van der Waals surface area contributed by atoms with Crippen molar-refractivity contribution in [3.63, 3.8) is 0 Å². The summed E-state index contributed by atoms with van der Waals surface area (Å²) in [4.78, 5) is 12.5. The van der Waals surface area contributed by atoms with Gasteiger partial charge >= 0.3 is 0 Å². The highest BCUT2D eigenvalue weighted by Crippen LogP contribution is 2.58. The molecule has 0 aliphatic heterocycles. The maximum Gasteiger partial charge on any atom is 0.138 e. The first-order chi connectivity index (χ1) is 11.2. The molecule has 2 aromatic carbocycles. The molecule has 2 aromatic rings. The van der Waals surface area contributed by atoms with Gasteiger partial charge in [-0.05, 0) is 53.8 Å². The third-order valence-electron chi connectivity index (χ3n) is 6.24. The van der Waals surface area contributed by atoms with Crippen molar-refractivity contribution in [2.75, 3.05) is 7.11 Å². The number of ketones is 1. The van der Waals surface area contributed by atoms with Crippen molar-refractivity contribution in [3.05, 3.63) is 53.1 Å². The molecule has 2 heteroatoms. The van der Waals surface area contributed by atoms with E-state index in [0.29, 0.717) is 18.1 Å². The highest BCUT2D eigenvalue weighted by atomic mass is 16.5. The molecule has 2 unspecified atom stereocenters. The Labute approximate surface area is 136 Å². The van der Waals surface area contributed by atoms with E-state index in [9.17, 15) is 4.79 Å². The Bertz CT molecular complexity index is 877. The highest BCUT2D eigenvalue weighted by molar-refractivity contribution is 5.93. The third-order valence-corrected chi connectivity index (χ3v) is 6.24. The lowest BCUT2D eigenvalue weighted by atomic mass is 9.62. The third kappa shape index (κ3) is 1.72. The maximum atomic E-state index is 12.5. The molecule has 1 saturated carbocycles. The van der Waals surface area contributed by atoms with Crippen molar-refractivity contribution in [3.8, 4) is 5.75 Å². The Morgan fingerprint density at radius 2 is 2.13 bits per heavy atom. The molecule has 0 saturated heterocycles. The second kappa shape index (κ2) is 4.47. The molecule has 1 fully saturated rings. The average molecular weight is 304 g/mol. The van der Waals surface area contributed by atoms with Crippen molar-refractivity contribution in [2.45, 2.75) is 37.5 Å². The van der Waals surface area contributed by atoms with E-state index in [1.807, 2.05) is 12.1 Å². The molecular weight excluding hydrogens is 284 g/mol.